The van der Waals surface area contributed by atoms with Gasteiger partial charge in [0, 0.05) is 6.42 Å². The summed E-state index contributed by atoms with van der Waals surface area (Å²) in [5.74, 6) is -0.642. The quantitative estimate of drug-likeness (QED) is 0.171. The Balaban J connectivity index is 2.04. The first-order valence-electron chi connectivity index (χ1n) is 10.4. The Kier molecular flexibility index (Phi) is 10.0. The monoisotopic (exact) mass is 454 g/mol. The third-order valence-electron chi connectivity index (χ3n) is 5.56. The summed E-state index contributed by atoms with van der Waals surface area (Å²) >= 11 is 0. The molecule has 2 aliphatic heterocycles. The van der Waals surface area contributed by atoms with Crippen molar-refractivity contribution in [2.24, 2.45) is 5.92 Å². The third-order valence-corrected chi connectivity index (χ3v) is 5.56. The number of rotatable bonds is 9. The van der Waals surface area contributed by atoms with Crippen LogP contribution < -0.4 is 0 Å². The third kappa shape index (κ3) is 6.32. The number of carbonyl (C=O) groups is 1. The van der Waals surface area contributed by atoms with Crippen molar-refractivity contribution in [3.05, 3.63) is 0 Å². The Bertz CT molecular complexity index is 558. The summed E-state index contributed by atoms with van der Waals surface area (Å²) in [6, 6.07) is 0. The molecule has 0 saturated carbocycles. The van der Waals surface area contributed by atoms with E-state index in [-0.39, 0.29) is 25.4 Å². The smallest absolute Gasteiger partial charge is 0.306 e. The Hall–Kier alpha value is -0.930. The van der Waals surface area contributed by atoms with Crippen molar-refractivity contribution in [2.45, 2.75) is 87.9 Å². The van der Waals surface area contributed by atoms with Gasteiger partial charge in [-0.3, -0.25) is 4.79 Å². The molecule has 0 aromatic heterocycles. The lowest BCUT2D eigenvalue weighted by atomic mass is 9.89. The van der Waals surface area contributed by atoms with Crippen molar-refractivity contribution in [2.75, 3.05) is 19.8 Å². The van der Waals surface area contributed by atoms with Gasteiger partial charge in [-0.05, 0) is 19.3 Å². The molecule has 12 heteroatoms. The zero-order valence-corrected chi connectivity index (χ0v) is 17.6. The summed E-state index contributed by atoms with van der Waals surface area (Å²) in [5, 5.41) is 70.0. The maximum absolute atomic E-state index is 11.6. The Morgan fingerprint density at radius 1 is 0.871 bits per heavy atom. The van der Waals surface area contributed by atoms with Gasteiger partial charge in [-0.15, -0.1) is 0 Å². The van der Waals surface area contributed by atoms with E-state index < -0.39 is 80.4 Å². The molecular weight excluding hydrogens is 420 g/mol. The first kappa shape index (κ1) is 26.3. The van der Waals surface area contributed by atoms with Crippen molar-refractivity contribution in [3.63, 3.8) is 0 Å². The van der Waals surface area contributed by atoms with Gasteiger partial charge in [0.25, 0.3) is 0 Å². The molecule has 2 aliphatic rings. The Morgan fingerprint density at radius 2 is 1.48 bits per heavy atom. The molecule has 31 heavy (non-hydrogen) atoms. The lowest BCUT2D eigenvalue weighted by molar-refractivity contribution is -0.342. The average Bonchev–Trinajstić information content (AvgIpc) is 2.73. The highest BCUT2D eigenvalue weighted by atomic mass is 16.7. The average molecular weight is 454 g/mol. The molecule has 7 N–H and O–H groups in total. The van der Waals surface area contributed by atoms with Crippen molar-refractivity contribution in [1.82, 2.24) is 0 Å². The van der Waals surface area contributed by atoms with E-state index in [0.29, 0.717) is 0 Å². The fourth-order valence-electron chi connectivity index (χ4n) is 3.85. The van der Waals surface area contributed by atoms with Crippen LogP contribution in [0.15, 0.2) is 0 Å². The maximum atomic E-state index is 11.6. The van der Waals surface area contributed by atoms with Crippen LogP contribution in [0.1, 0.15) is 26.7 Å². The number of hydrogen-bond donors (Lipinski definition) is 7. The zero-order valence-electron chi connectivity index (χ0n) is 17.6. The second-order valence-corrected chi connectivity index (χ2v) is 8.02. The van der Waals surface area contributed by atoms with Gasteiger partial charge in [0.05, 0.1) is 25.9 Å². The zero-order chi connectivity index (χ0) is 23.3. The minimum absolute atomic E-state index is 0.0884. The van der Waals surface area contributed by atoms with Crippen LogP contribution in [-0.4, -0.2) is 123 Å². The second-order valence-electron chi connectivity index (χ2n) is 8.02. The molecule has 12 nitrogen and oxygen atoms in total. The Morgan fingerprint density at radius 3 is 2.06 bits per heavy atom. The molecule has 2 rings (SSSR count). The first-order chi connectivity index (χ1) is 14.6. The summed E-state index contributed by atoms with van der Waals surface area (Å²) in [6.45, 7) is 2.42. The summed E-state index contributed by atoms with van der Waals surface area (Å²) in [4.78, 5) is 11.6. The molecule has 0 aromatic rings. The van der Waals surface area contributed by atoms with Crippen LogP contribution >= 0.6 is 0 Å². The van der Waals surface area contributed by atoms with E-state index in [1.54, 1.807) is 13.8 Å². The van der Waals surface area contributed by atoms with E-state index in [1.807, 2.05) is 0 Å². The number of hydrogen-bond acceptors (Lipinski definition) is 12. The lowest BCUT2D eigenvalue weighted by Crippen LogP contribution is -2.64. The predicted molar refractivity (Wildman–Crippen MR) is 101 cm³/mol. The van der Waals surface area contributed by atoms with Gasteiger partial charge in [0.1, 0.15) is 48.8 Å². The molecule has 2 fully saturated rings. The molecule has 182 valence electrons. The standard InChI is InChI=1S/C19H34O12/c1-3-28-12(22)5-8(2)4-9-13(23)16(26)18(11(7-21)29-9)31-19-17(27)15(25)14(24)10(6-20)30-19/h8-11,13-21,23-27H,3-7H2,1-2H3/t8?,9-,10+,11+,13-,14-,15-,16+,17+,18+,19-/m0/s1. The van der Waals surface area contributed by atoms with E-state index in [4.69, 9.17) is 18.9 Å². The molecule has 0 spiro atoms. The number of ether oxygens (including phenoxy) is 4. The predicted octanol–water partition coefficient (Wildman–Crippen LogP) is -3.37. The summed E-state index contributed by atoms with van der Waals surface area (Å²) in [6.07, 6.45) is -13.9. The molecule has 2 saturated heterocycles. The highest BCUT2D eigenvalue weighted by Crippen LogP contribution is 2.31. The van der Waals surface area contributed by atoms with Crippen LogP contribution in [0.25, 0.3) is 0 Å². The minimum Gasteiger partial charge on any atom is -0.466 e. The molecule has 0 bridgehead atoms. The SMILES string of the molecule is CCOC(=O)CC(C)C[C@@H]1O[C@H](CO)[C@@H](O[C@@H]2O[C@H](CO)[C@H](O)[C@H](O)[C@H]2O)[C@H](O)[C@H]1O. The van der Waals surface area contributed by atoms with Gasteiger partial charge >= 0.3 is 5.97 Å². The van der Waals surface area contributed by atoms with Crippen LogP contribution in [-0.2, 0) is 23.7 Å². The van der Waals surface area contributed by atoms with Crippen LogP contribution in [0.2, 0.25) is 0 Å². The van der Waals surface area contributed by atoms with E-state index >= 15 is 0 Å². The molecule has 1 unspecified atom stereocenters. The fourth-order valence-corrected chi connectivity index (χ4v) is 3.85. The highest BCUT2D eigenvalue weighted by Gasteiger charge is 2.50. The number of aliphatic hydroxyl groups excluding tert-OH is 7. The van der Waals surface area contributed by atoms with Crippen LogP contribution in [0.3, 0.4) is 0 Å². The van der Waals surface area contributed by atoms with Crippen molar-refractivity contribution >= 4 is 5.97 Å². The summed E-state index contributed by atoms with van der Waals surface area (Å²) in [5.41, 5.74) is 0. The van der Waals surface area contributed by atoms with Crippen molar-refractivity contribution < 1.29 is 59.5 Å². The lowest BCUT2D eigenvalue weighted by Gasteiger charge is -2.46. The van der Waals surface area contributed by atoms with Crippen molar-refractivity contribution in [1.29, 1.82) is 0 Å². The van der Waals surface area contributed by atoms with Crippen LogP contribution in [0.4, 0.5) is 0 Å². The van der Waals surface area contributed by atoms with Gasteiger partial charge in [0.2, 0.25) is 0 Å². The van der Waals surface area contributed by atoms with Crippen LogP contribution in [0.5, 0.6) is 0 Å². The second kappa shape index (κ2) is 11.8. The largest absolute Gasteiger partial charge is 0.466 e. The molecule has 0 radical (unpaired) electrons. The summed E-state index contributed by atoms with van der Waals surface area (Å²) < 4.78 is 21.3. The molecule has 0 aliphatic carbocycles. The van der Waals surface area contributed by atoms with E-state index in [9.17, 15) is 40.5 Å². The van der Waals surface area contributed by atoms with Crippen LogP contribution in [0, 0.1) is 5.92 Å². The Labute approximate surface area is 179 Å². The normalized spacial score (nSPS) is 42.2. The molecular formula is C19H34O12. The van der Waals surface area contributed by atoms with E-state index in [0.717, 1.165) is 0 Å². The highest BCUT2D eigenvalue weighted by molar-refractivity contribution is 5.69. The van der Waals surface area contributed by atoms with Gasteiger partial charge in [-0.1, -0.05) is 6.92 Å². The van der Waals surface area contributed by atoms with Gasteiger partial charge in [-0.2, -0.15) is 0 Å². The summed E-state index contributed by atoms with van der Waals surface area (Å²) in [7, 11) is 0. The van der Waals surface area contributed by atoms with Gasteiger partial charge in [0.15, 0.2) is 6.29 Å². The fraction of sp³-hybridized carbons (Fsp3) is 0.947. The van der Waals surface area contributed by atoms with Crippen molar-refractivity contribution in [3.8, 4) is 0 Å². The topological polar surface area (TPSA) is 196 Å². The molecule has 2 heterocycles. The molecule has 0 aromatic carbocycles. The number of esters is 1. The van der Waals surface area contributed by atoms with E-state index in [2.05, 4.69) is 0 Å². The number of aliphatic hydroxyl groups is 7. The maximum Gasteiger partial charge on any atom is 0.306 e. The van der Waals surface area contributed by atoms with Gasteiger partial charge in [-0.25, -0.2) is 0 Å². The number of carbonyl (C=O) groups excluding carboxylic acids is 1. The van der Waals surface area contributed by atoms with E-state index in [1.165, 1.54) is 0 Å². The molecule has 0 amide bonds. The van der Waals surface area contributed by atoms with Gasteiger partial charge < -0.3 is 54.7 Å². The first-order valence-corrected chi connectivity index (χ1v) is 10.4. The minimum atomic E-state index is -1.72. The molecule has 11 atom stereocenters.